The lowest BCUT2D eigenvalue weighted by atomic mass is 9.95. The third kappa shape index (κ3) is 5.17. The van der Waals surface area contributed by atoms with Crippen molar-refractivity contribution >= 4 is 45.7 Å². The lowest BCUT2D eigenvalue weighted by Gasteiger charge is -2.13. The predicted molar refractivity (Wildman–Crippen MR) is 130 cm³/mol. The zero-order chi connectivity index (χ0) is 21.8. The quantitative estimate of drug-likeness (QED) is 0.406. The molecule has 0 saturated carbocycles. The van der Waals surface area contributed by atoms with Gasteiger partial charge in [-0.2, -0.15) is 0 Å². The van der Waals surface area contributed by atoms with E-state index in [9.17, 15) is 4.79 Å². The topological polar surface area (TPSA) is 50.7 Å². The minimum Gasteiger partial charge on any atom is -0.490 e. The molecule has 0 aliphatic heterocycles. The molecule has 1 N–H and O–H groups in total. The van der Waals surface area contributed by atoms with Crippen LogP contribution in [0, 0.1) is 0 Å². The fourth-order valence-corrected chi connectivity index (χ4v) is 5.11. The number of rotatable bonds is 6. The van der Waals surface area contributed by atoms with Crippen LogP contribution in [0.5, 0.6) is 5.75 Å². The number of carbonyl (C=O) groups excluding carboxylic acids is 1. The maximum Gasteiger partial charge on any atom is 0.259 e. The summed E-state index contributed by atoms with van der Waals surface area (Å²) in [7, 11) is 0. The molecule has 2 aromatic carbocycles. The first-order valence-electron chi connectivity index (χ1n) is 10.5. The third-order valence-corrected chi connectivity index (χ3v) is 6.50. The summed E-state index contributed by atoms with van der Waals surface area (Å²) in [5, 5.41) is 4.38. The minimum atomic E-state index is -0.109. The summed E-state index contributed by atoms with van der Waals surface area (Å²) in [5.41, 5.74) is 3.40. The number of thiophene rings is 1. The zero-order valence-corrected chi connectivity index (χ0v) is 19.2. The highest BCUT2D eigenvalue weighted by Gasteiger charge is 2.25. The van der Waals surface area contributed by atoms with Crippen LogP contribution < -0.4 is 10.1 Å². The molecule has 3 aromatic rings. The number of benzene rings is 2. The molecule has 0 fully saturated rings. The number of halogens is 1. The van der Waals surface area contributed by atoms with Gasteiger partial charge in [-0.1, -0.05) is 29.8 Å². The van der Waals surface area contributed by atoms with E-state index in [1.54, 1.807) is 23.6 Å². The zero-order valence-electron chi connectivity index (χ0n) is 17.7. The Bertz CT molecular complexity index is 1110. The second kappa shape index (κ2) is 9.67. The van der Waals surface area contributed by atoms with E-state index in [0.717, 1.165) is 53.2 Å². The number of anilines is 1. The summed E-state index contributed by atoms with van der Waals surface area (Å²) in [6, 6.07) is 15.0. The van der Waals surface area contributed by atoms with E-state index in [1.165, 1.54) is 4.88 Å². The smallest absolute Gasteiger partial charge is 0.259 e. The SMILES string of the molecule is CC(C)Oc1ccc(Cl)cc1C=Nc1sc2c(c1C(=O)Nc1ccccc1)CCCC2. The fourth-order valence-electron chi connectivity index (χ4n) is 3.70. The molecule has 4 nitrogen and oxygen atoms in total. The van der Waals surface area contributed by atoms with Gasteiger partial charge in [0.2, 0.25) is 0 Å². The fraction of sp³-hybridized carbons (Fsp3) is 0.280. The molecule has 6 heteroatoms. The maximum atomic E-state index is 13.2. The van der Waals surface area contributed by atoms with Crippen LogP contribution in [0.25, 0.3) is 0 Å². The summed E-state index contributed by atoms with van der Waals surface area (Å²) in [6.07, 6.45) is 5.95. The molecule has 1 aliphatic carbocycles. The van der Waals surface area contributed by atoms with E-state index in [-0.39, 0.29) is 12.0 Å². The Labute approximate surface area is 191 Å². The third-order valence-electron chi connectivity index (χ3n) is 5.07. The number of hydrogen-bond donors (Lipinski definition) is 1. The van der Waals surface area contributed by atoms with Gasteiger partial charge in [0.05, 0.1) is 11.7 Å². The molecule has 0 spiro atoms. The number of aryl methyl sites for hydroxylation is 1. The Morgan fingerprint density at radius 1 is 1.16 bits per heavy atom. The Kier molecular flexibility index (Phi) is 6.73. The average molecular weight is 453 g/mol. The lowest BCUT2D eigenvalue weighted by molar-refractivity contribution is 0.102. The molecule has 1 aliphatic rings. The number of amides is 1. The van der Waals surface area contributed by atoms with E-state index in [1.807, 2.05) is 56.3 Å². The van der Waals surface area contributed by atoms with Crippen LogP contribution in [0.2, 0.25) is 5.02 Å². The van der Waals surface area contributed by atoms with Crippen LogP contribution in [0.15, 0.2) is 53.5 Å². The monoisotopic (exact) mass is 452 g/mol. The van der Waals surface area contributed by atoms with Crippen molar-refractivity contribution in [3.05, 3.63) is 75.1 Å². The van der Waals surface area contributed by atoms with E-state index in [4.69, 9.17) is 21.3 Å². The number of ether oxygens (including phenoxy) is 1. The highest BCUT2D eigenvalue weighted by Crippen LogP contribution is 2.40. The molecule has 0 unspecified atom stereocenters. The summed E-state index contributed by atoms with van der Waals surface area (Å²) in [5.74, 6) is 0.613. The van der Waals surface area contributed by atoms with E-state index in [2.05, 4.69) is 5.32 Å². The Hall–Kier alpha value is -2.63. The van der Waals surface area contributed by atoms with Gasteiger partial charge in [-0.25, -0.2) is 4.99 Å². The Balaban J connectivity index is 1.70. The van der Waals surface area contributed by atoms with Gasteiger partial charge in [-0.05, 0) is 75.4 Å². The van der Waals surface area contributed by atoms with Crippen LogP contribution in [-0.2, 0) is 12.8 Å². The van der Waals surface area contributed by atoms with Gasteiger partial charge in [0.25, 0.3) is 5.91 Å². The average Bonchev–Trinajstić information content (AvgIpc) is 3.13. The van der Waals surface area contributed by atoms with Crippen LogP contribution in [0.3, 0.4) is 0 Å². The summed E-state index contributed by atoms with van der Waals surface area (Å²) in [6.45, 7) is 3.96. The molecule has 31 heavy (non-hydrogen) atoms. The molecule has 0 saturated heterocycles. The van der Waals surface area contributed by atoms with Crippen molar-refractivity contribution in [2.75, 3.05) is 5.32 Å². The van der Waals surface area contributed by atoms with Gasteiger partial charge in [0.1, 0.15) is 10.8 Å². The predicted octanol–water partition coefficient (Wildman–Crippen LogP) is 7.07. The van der Waals surface area contributed by atoms with Crippen molar-refractivity contribution < 1.29 is 9.53 Å². The Morgan fingerprint density at radius 3 is 2.71 bits per heavy atom. The molecule has 4 rings (SSSR count). The summed E-state index contributed by atoms with van der Waals surface area (Å²) >= 11 is 7.82. The summed E-state index contributed by atoms with van der Waals surface area (Å²) in [4.78, 5) is 19.2. The first-order valence-corrected chi connectivity index (χ1v) is 11.7. The van der Waals surface area contributed by atoms with Crippen molar-refractivity contribution in [3.8, 4) is 5.75 Å². The van der Waals surface area contributed by atoms with Gasteiger partial charge in [-0.3, -0.25) is 4.79 Å². The molecule has 0 atom stereocenters. The first kappa shape index (κ1) is 21.6. The molecular formula is C25H25ClN2O2S. The highest BCUT2D eigenvalue weighted by atomic mass is 35.5. The molecule has 1 amide bonds. The first-order chi connectivity index (χ1) is 15.0. The second-order valence-electron chi connectivity index (χ2n) is 7.82. The lowest BCUT2D eigenvalue weighted by Crippen LogP contribution is -2.14. The minimum absolute atomic E-state index is 0.0367. The number of aliphatic imine (C=N–C) groups is 1. The Morgan fingerprint density at radius 2 is 1.94 bits per heavy atom. The highest BCUT2D eigenvalue weighted by molar-refractivity contribution is 7.16. The molecule has 0 radical (unpaired) electrons. The number of fused-ring (bicyclic) bond motifs is 1. The molecule has 1 heterocycles. The number of hydrogen-bond acceptors (Lipinski definition) is 4. The number of nitrogens with one attached hydrogen (secondary N) is 1. The van der Waals surface area contributed by atoms with E-state index in [0.29, 0.717) is 10.6 Å². The van der Waals surface area contributed by atoms with Gasteiger partial charge in [-0.15, -0.1) is 11.3 Å². The molecule has 0 bridgehead atoms. The van der Waals surface area contributed by atoms with Crippen molar-refractivity contribution in [2.24, 2.45) is 4.99 Å². The van der Waals surface area contributed by atoms with Crippen LogP contribution in [0.1, 0.15) is 53.1 Å². The van der Waals surface area contributed by atoms with Gasteiger partial charge >= 0.3 is 0 Å². The van der Waals surface area contributed by atoms with Crippen molar-refractivity contribution in [1.29, 1.82) is 0 Å². The molecule has 1 aromatic heterocycles. The van der Waals surface area contributed by atoms with Gasteiger partial charge < -0.3 is 10.1 Å². The molecular weight excluding hydrogens is 428 g/mol. The van der Waals surface area contributed by atoms with Crippen LogP contribution in [0.4, 0.5) is 10.7 Å². The van der Waals surface area contributed by atoms with Crippen molar-refractivity contribution in [2.45, 2.75) is 45.6 Å². The van der Waals surface area contributed by atoms with Crippen molar-refractivity contribution in [1.82, 2.24) is 0 Å². The number of carbonyl (C=O) groups is 1. The number of nitrogens with zero attached hydrogens (tertiary/aromatic N) is 1. The van der Waals surface area contributed by atoms with Gasteiger partial charge in [0, 0.05) is 27.4 Å². The van der Waals surface area contributed by atoms with E-state index >= 15 is 0 Å². The van der Waals surface area contributed by atoms with Crippen LogP contribution in [-0.4, -0.2) is 18.2 Å². The maximum absolute atomic E-state index is 13.2. The largest absolute Gasteiger partial charge is 0.490 e. The number of para-hydroxylation sites is 1. The standard InChI is InChI=1S/C25H25ClN2O2S/c1-16(2)30-21-13-12-18(26)14-17(21)15-27-25-23(20-10-6-7-11-22(20)31-25)24(29)28-19-8-4-3-5-9-19/h3-5,8-9,12-16H,6-7,10-11H2,1-2H3,(H,28,29). The second-order valence-corrected chi connectivity index (χ2v) is 9.34. The normalized spacial score (nSPS) is 13.4. The molecule has 160 valence electrons. The summed E-state index contributed by atoms with van der Waals surface area (Å²) < 4.78 is 5.90. The van der Waals surface area contributed by atoms with E-state index < -0.39 is 0 Å². The van der Waals surface area contributed by atoms with Crippen LogP contribution >= 0.6 is 22.9 Å². The van der Waals surface area contributed by atoms with Gasteiger partial charge in [0.15, 0.2) is 0 Å². The van der Waals surface area contributed by atoms with Crippen molar-refractivity contribution in [3.63, 3.8) is 0 Å².